The standard InChI is InChI=1S/C50H32N2/c1-3-15-33(16-4-1)36-31-35-19-7-8-20-38(35)48(32-36)52-44-26-14-12-24-42(44)50-47(52)30-29-46-49(50)41-23-11-13-25-43(41)51(46)45-28-27-37(34-17-5-2-6-18-34)39-21-9-10-22-40(39)45/h1-32H. The van der Waals surface area contributed by atoms with Crippen LogP contribution < -0.4 is 0 Å². The molecule has 0 aliphatic heterocycles. The Hall–Kier alpha value is -6.90. The molecule has 0 spiro atoms. The van der Waals surface area contributed by atoms with Crippen LogP contribution in [-0.4, -0.2) is 9.13 Å². The van der Waals surface area contributed by atoms with E-state index in [9.17, 15) is 0 Å². The van der Waals surface area contributed by atoms with Gasteiger partial charge < -0.3 is 9.13 Å². The maximum absolute atomic E-state index is 2.50. The van der Waals surface area contributed by atoms with Gasteiger partial charge in [0.2, 0.25) is 0 Å². The molecule has 11 rings (SSSR count). The van der Waals surface area contributed by atoms with Crippen LogP contribution >= 0.6 is 0 Å². The monoisotopic (exact) mass is 660 g/mol. The van der Waals surface area contributed by atoms with E-state index in [1.165, 1.54) is 98.8 Å². The average Bonchev–Trinajstić information content (AvgIpc) is 3.73. The normalized spacial score (nSPS) is 11.8. The Morgan fingerprint density at radius 3 is 1.42 bits per heavy atom. The first-order valence-corrected chi connectivity index (χ1v) is 17.9. The molecule has 52 heavy (non-hydrogen) atoms. The first-order chi connectivity index (χ1) is 25.8. The highest BCUT2D eigenvalue weighted by molar-refractivity contribution is 6.29. The minimum absolute atomic E-state index is 1.19. The molecular formula is C50H32N2. The Kier molecular flexibility index (Phi) is 6.28. The Labute approximate surface area is 301 Å². The van der Waals surface area contributed by atoms with Gasteiger partial charge in [-0.25, -0.2) is 0 Å². The van der Waals surface area contributed by atoms with Gasteiger partial charge in [-0.05, 0) is 75.5 Å². The van der Waals surface area contributed by atoms with Gasteiger partial charge in [-0.1, -0.05) is 152 Å². The molecule has 0 N–H and O–H groups in total. The lowest BCUT2D eigenvalue weighted by Crippen LogP contribution is -1.97. The summed E-state index contributed by atoms with van der Waals surface area (Å²) in [6.07, 6.45) is 0. The smallest absolute Gasteiger partial charge is 0.0549 e. The van der Waals surface area contributed by atoms with E-state index < -0.39 is 0 Å². The molecule has 0 fully saturated rings. The quantitative estimate of drug-likeness (QED) is 0.178. The van der Waals surface area contributed by atoms with E-state index >= 15 is 0 Å². The van der Waals surface area contributed by atoms with Gasteiger partial charge in [0.25, 0.3) is 0 Å². The fraction of sp³-hybridized carbons (Fsp3) is 0. The van der Waals surface area contributed by atoms with Crippen LogP contribution in [0.4, 0.5) is 0 Å². The molecule has 2 heterocycles. The van der Waals surface area contributed by atoms with E-state index in [0.29, 0.717) is 0 Å². The van der Waals surface area contributed by atoms with Crippen molar-refractivity contribution >= 4 is 65.2 Å². The van der Waals surface area contributed by atoms with E-state index in [1.807, 2.05) is 0 Å². The predicted molar refractivity (Wildman–Crippen MR) is 221 cm³/mol. The Bertz CT molecular complexity index is 3160. The number of rotatable bonds is 4. The van der Waals surface area contributed by atoms with Crippen LogP contribution in [0.15, 0.2) is 194 Å². The first-order valence-electron chi connectivity index (χ1n) is 17.9. The zero-order chi connectivity index (χ0) is 34.2. The van der Waals surface area contributed by atoms with Gasteiger partial charge >= 0.3 is 0 Å². The van der Waals surface area contributed by atoms with Crippen molar-refractivity contribution in [2.45, 2.75) is 0 Å². The summed E-state index contributed by atoms with van der Waals surface area (Å²) < 4.78 is 4.98. The molecule has 2 aromatic heterocycles. The fourth-order valence-corrected chi connectivity index (χ4v) is 8.66. The molecule has 242 valence electrons. The number of fused-ring (bicyclic) bond motifs is 9. The van der Waals surface area contributed by atoms with Crippen molar-refractivity contribution in [1.29, 1.82) is 0 Å². The topological polar surface area (TPSA) is 9.86 Å². The third kappa shape index (κ3) is 4.19. The van der Waals surface area contributed by atoms with Gasteiger partial charge in [0.05, 0.1) is 33.4 Å². The molecule has 0 radical (unpaired) electrons. The second-order valence-corrected chi connectivity index (χ2v) is 13.7. The lowest BCUT2D eigenvalue weighted by atomic mass is 9.97. The van der Waals surface area contributed by atoms with Gasteiger partial charge in [-0.2, -0.15) is 0 Å². The van der Waals surface area contributed by atoms with Crippen molar-refractivity contribution in [2.75, 3.05) is 0 Å². The van der Waals surface area contributed by atoms with Crippen LogP contribution in [-0.2, 0) is 0 Å². The molecule has 11 aromatic rings. The lowest BCUT2D eigenvalue weighted by molar-refractivity contribution is 1.19. The second kappa shape index (κ2) is 11.3. The van der Waals surface area contributed by atoms with Gasteiger partial charge in [0.1, 0.15) is 0 Å². The van der Waals surface area contributed by atoms with Crippen molar-refractivity contribution in [3.63, 3.8) is 0 Å². The molecule has 0 amide bonds. The van der Waals surface area contributed by atoms with Crippen molar-refractivity contribution < 1.29 is 0 Å². The SMILES string of the molecule is c1ccc(-c2cc(-n3c4ccccc4c4c5c6ccccc6n(-c6ccc(-c7ccccc7)c7ccccc67)c5ccc43)c3ccccc3c2)cc1. The van der Waals surface area contributed by atoms with Crippen LogP contribution in [0.5, 0.6) is 0 Å². The molecule has 0 bridgehead atoms. The lowest BCUT2D eigenvalue weighted by Gasteiger charge is -2.15. The predicted octanol–water partition coefficient (Wildman–Crippen LogP) is 13.5. The zero-order valence-electron chi connectivity index (χ0n) is 28.4. The Morgan fingerprint density at radius 2 is 0.769 bits per heavy atom. The largest absolute Gasteiger partial charge is 0.309 e. The van der Waals surface area contributed by atoms with Gasteiger partial charge in [-0.3, -0.25) is 0 Å². The number of benzene rings is 9. The van der Waals surface area contributed by atoms with E-state index in [0.717, 1.165) is 0 Å². The second-order valence-electron chi connectivity index (χ2n) is 13.7. The van der Waals surface area contributed by atoms with Crippen molar-refractivity contribution in [1.82, 2.24) is 9.13 Å². The van der Waals surface area contributed by atoms with Gasteiger partial charge in [-0.15, -0.1) is 0 Å². The summed E-state index contributed by atoms with van der Waals surface area (Å²) in [6, 6.07) is 70.9. The molecule has 2 heteroatoms. The molecule has 0 unspecified atom stereocenters. The zero-order valence-corrected chi connectivity index (χ0v) is 28.4. The van der Waals surface area contributed by atoms with E-state index in [1.54, 1.807) is 0 Å². The summed E-state index contributed by atoms with van der Waals surface area (Å²) in [5.41, 5.74) is 12.1. The molecule has 0 aliphatic carbocycles. The summed E-state index contributed by atoms with van der Waals surface area (Å²) in [7, 11) is 0. The minimum Gasteiger partial charge on any atom is -0.309 e. The summed E-state index contributed by atoms with van der Waals surface area (Å²) in [5, 5.41) is 10.0. The third-order valence-corrected chi connectivity index (χ3v) is 10.9. The van der Waals surface area contributed by atoms with Crippen molar-refractivity contribution in [3.05, 3.63) is 194 Å². The summed E-state index contributed by atoms with van der Waals surface area (Å²) in [4.78, 5) is 0. The molecule has 0 aliphatic rings. The van der Waals surface area contributed by atoms with Crippen LogP contribution in [0.1, 0.15) is 0 Å². The molecule has 0 saturated heterocycles. The highest BCUT2D eigenvalue weighted by Crippen LogP contribution is 2.45. The Morgan fingerprint density at radius 1 is 0.269 bits per heavy atom. The van der Waals surface area contributed by atoms with E-state index in [-0.39, 0.29) is 0 Å². The van der Waals surface area contributed by atoms with E-state index in [2.05, 4.69) is 203 Å². The van der Waals surface area contributed by atoms with E-state index in [4.69, 9.17) is 0 Å². The van der Waals surface area contributed by atoms with Crippen LogP contribution in [0, 0.1) is 0 Å². The van der Waals surface area contributed by atoms with Gasteiger partial charge in [0.15, 0.2) is 0 Å². The summed E-state index contributed by atoms with van der Waals surface area (Å²) in [5.74, 6) is 0. The minimum atomic E-state index is 1.19. The van der Waals surface area contributed by atoms with Crippen LogP contribution in [0.3, 0.4) is 0 Å². The molecule has 0 saturated carbocycles. The number of aromatic nitrogens is 2. The fourth-order valence-electron chi connectivity index (χ4n) is 8.66. The first kappa shape index (κ1) is 28.9. The molecule has 0 atom stereocenters. The third-order valence-electron chi connectivity index (χ3n) is 10.9. The molecule has 2 nitrogen and oxygen atoms in total. The average molecular weight is 661 g/mol. The highest BCUT2D eigenvalue weighted by Gasteiger charge is 2.22. The summed E-state index contributed by atoms with van der Waals surface area (Å²) >= 11 is 0. The number of para-hydroxylation sites is 2. The number of nitrogens with zero attached hydrogens (tertiary/aromatic N) is 2. The maximum atomic E-state index is 2.50. The maximum Gasteiger partial charge on any atom is 0.0549 e. The van der Waals surface area contributed by atoms with Gasteiger partial charge in [0, 0.05) is 32.3 Å². The Balaban J connectivity index is 1.25. The highest BCUT2D eigenvalue weighted by atomic mass is 15.0. The number of hydrogen-bond donors (Lipinski definition) is 0. The number of hydrogen-bond acceptors (Lipinski definition) is 0. The van der Waals surface area contributed by atoms with Crippen molar-refractivity contribution in [2.24, 2.45) is 0 Å². The molecule has 9 aromatic carbocycles. The molecular weight excluding hydrogens is 629 g/mol. The van der Waals surface area contributed by atoms with Crippen LogP contribution in [0.2, 0.25) is 0 Å². The summed E-state index contributed by atoms with van der Waals surface area (Å²) in [6.45, 7) is 0. The van der Waals surface area contributed by atoms with Crippen LogP contribution in [0.25, 0.3) is 98.8 Å². The van der Waals surface area contributed by atoms with Crippen molar-refractivity contribution in [3.8, 4) is 33.6 Å².